The van der Waals surface area contributed by atoms with Crippen LogP contribution in [0.3, 0.4) is 0 Å². The van der Waals surface area contributed by atoms with Crippen molar-refractivity contribution in [2.24, 2.45) is 0 Å². The Hall–Kier alpha value is -1.36. The molecule has 0 aromatic carbocycles. The fourth-order valence-electron chi connectivity index (χ4n) is 2.10. The molecule has 1 rings (SSSR count). The summed E-state index contributed by atoms with van der Waals surface area (Å²) in [5.74, 6) is 1.76. The van der Waals surface area contributed by atoms with E-state index in [9.17, 15) is 5.11 Å². The summed E-state index contributed by atoms with van der Waals surface area (Å²) in [6.07, 6.45) is 6.08. The Balaban J connectivity index is 2.77. The molecule has 1 aromatic heterocycles. The van der Waals surface area contributed by atoms with Gasteiger partial charge >= 0.3 is 0 Å². The second-order valence-electron chi connectivity index (χ2n) is 5.05. The van der Waals surface area contributed by atoms with Gasteiger partial charge in [0.1, 0.15) is 18.0 Å². The second kappa shape index (κ2) is 9.53. The van der Waals surface area contributed by atoms with Gasteiger partial charge in [0.25, 0.3) is 0 Å². The molecule has 5 nitrogen and oxygen atoms in total. The molecule has 1 atom stereocenters. The highest BCUT2D eigenvalue weighted by Crippen LogP contribution is 2.21. The molecule has 0 aliphatic heterocycles. The van der Waals surface area contributed by atoms with Crippen LogP contribution in [0, 0.1) is 0 Å². The highest BCUT2D eigenvalue weighted by atomic mass is 16.3. The van der Waals surface area contributed by atoms with Gasteiger partial charge in [0.15, 0.2) is 0 Å². The summed E-state index contributed by atoms with van der Waals surface area (Å²) in [7, 11) is 0. The second-order valence-corrected chi connectivity index (χ2v) is 5.05. The fraction of sp³-hybridized carbons (Fsp3) is 0.733. The van der Waals surface area contributed by atoms with Crippen LogP contribution in [-0.4, -0.2) is 34.3 Å². The third-order valence-electron chi connectivity index (χ3n) is 3.11. The van der Waals surface area contributed by atoms with Crippen molar-refractivity contribution in [3.8, 4) is 0 Å². The summed E-state index contributed by atoms with van der Waals surface area (Å²) < 4.78 is 0. The van der Waals surface area contributed by atoms with Gasteiger partial charge in [-0.05, 0) is 19.3 Å². The first-order valence-corrected chi connectivity index (χ1v) is 7.72. The number of aromatic nitrogens is 2. The average Bonchev–Trinajstić information content (AvgIpc) is 2.45. The highest BCUT2D eigenvalue weighted by molar-refractivity contribution is 5.57. The molecule has 20 heavy (non-hydrogen) atoms. The zero-order chi connectivity index (χ0) is 14.8. The molecule has 5 heteroatoms. The number of anilines is 2. The van der Waals surface area contributed by atoms with E-state index < -0.39 is 0 Å². The van der Waals surface area contributed by atoms with E-state index in [0.29, 0.717) is 6.54 Å². The predicted octanol–water partition coefficient (Wildman–Crippen LogP) is 2.82. The van der Waals surface area contributed by atoms with E-state index in [0.717, 1.165) is 55.8 Å². The van der Waals surface area contributed by atoms with Crippen LogP contribution < -0.4 is 10.6 Å². The van der Waals surface area contributed by atoms with Crippen LogP contribution in [-0.2, 0) is 6.42 Å². The van der Waals surface area contributed by atoms with Crippen molar-refractivity contribution in [2.75, 3.05) is 23.7 Å². The topological polar surface area (TPSA) is 70.1 Å². The minimum atomic E-state index is -0.323. The van der Waals surface area contributed by atoms with Gasteiger partial charge in [0.05, 0.1) is 6.10 Å². The summed E-state index contributed by atoms with van der Waals surface area (Å²) in [6, 6.07) is 0. The molecule has 0 spiro atoms. The molecule has 0 fully saturated rings. The van der Waals surface area contributed by atoms with E-state index in [-0.39, 0.29) is 6.10 Å². The number of nitrogens with zero attached hydrogens (tertiary/aromatic N) is 2. The number of hydrogen-bond acceptors (Lipinski definition) is 5. The van der Waals surface area contributed by atoms with E-state index in [1.807, 2.05) is 0 Å². The molecule has 114 valence electrons. The van der Waals surface area contributed by atoms with Crippen LogP contribution in [0.15, 0.2) is 6.33 Å². The summed E-state index contributed by atoms with van der Waals surface area (Å²) in [4.78, 5) is 8.66. The van der Waals surface area contributed by atoms with E-state index >= 15 is 0 Å². The van der Waals surface area contributed by atoms with E-state index in [2.05, 4.69) is 41.4 Å². The average molecular weight is 280 g/mol. The Kier molecular flexibility index (Phi) is 7.95. The highest BCUT2D eigenvalue weighted by Gasteiger charge is 2.11. The van der Waals surface area contributed by atoms with Crippen molar-refractivity contribution in [2.45, 2.75) is 59.0 Å². The van der Waals surface area contributed by atoms with Gasteiger partial charge in [0, 0.05) is 18.7 Å². The number of aliphatic hydroxyl groups is 1. The lowest BCUT2D eigenvalue weighted by molar-refractivity contribution is 0.176. The first kappa shape index (κ1) is 16.7. The van der Waals surface area contributed by atoms with Gasteiger partial charge in [-0.25, -0.2) is 9.97 Å². The first-order chi connectivity index (χ1) is 9.72. The van der Waals surface area contributed by atoms with Crippen LogP contribution >= 0.6 is 0 Å². The molecule has 0 saturated carbocycles. The maximum Gasteiger partial charge on any atom is 0.134 e. The zero-order valence-electron chi connectivity index (χ0n) is 12.9. The predicted molar refractivity (Wildman–Crippen MR) is 84.2 cm³/mol. The molecular weight excluding hydrogens is 252 g/mol. The largest absolute Gasteiger partial charge is 0.391 e. The maximum atomic E-state index is 9.82. The molecule has 3 N–H and O–H groups in total. The minimum Gasteiger partial charge on any atom is -0.391 e. The molecule has 1 heterocycles. The van der Waals surface area contributed by atoms with Crippen LogP contribution in [0.1, 0.15) is 52.0 Å². The van der Waals surface area contributed by atoms with Gasteiger partial charge in [-0.2, -0.15) is 0 Å². The SMILES string of the molecule is CCCNc1ncnc(NCC(O)CCC)c1CCC. The Morgan fingerprint density at radius 3 is 2.35 bits per heavy atom. The molecular formula is C15H28N4O. The van der Waals surface area contributed by atoms with Crippen molar-refractivity contribution in [1.82, 2.24) is 9.97 Å². The normalized spacial score (nSPS) is 12.2. The van der Waals surface area contributed by atoms with Gasteiger partial charge in [-0.15, -0.1) is 0 Å². The van der Waals surface area contributed by atoms with Crippen LogP contribution in [0.5, 0.6) is 0 Å². The van der Waals surface area contributed by atoms with Gasteiger partial charge < -0.3 is 15.7 Å². The van der Waals surface area contributed by atoms with Crippen LogP contribution in [0.25, 0.3) is 0 Å². The smallest absolute Gasteiger partial charge is 0.134 e. The molecule has 0 amide bonds. The Labute approximate surface area is 122 Å². The van der Waals surface area contributed by atoms with Gasteiger partial charge in [-0.1, -0.05) is 33.6 Å². The first-order valence-electron chi connectivity index (χ1n) is 7.72. The summed E-state index contributed by atoms with van der Waals surface area (Å²) in [5.41, 5.74) is 1.12. The molecule has 1 aromatic rings. The van der Waals surface area contributed by atoms with Crippen molar-refractivity contribution < 1.29 is 5.11 Å². The summed E-state index contributed by atoms with van der Waals surface area (Å²) >= 11 is 0. The third-order valence-corrected chi connectivity index (χ3v) is 3.11. The van der Waals surface area contributed by atoms with Crippen molar-refractivity contribution in [3.05, 3.63) is 11.9 Å². The lowest BCUT2D eigenvalue weighted by Gasteiger charge is -2.16. The monoisotopic (exact) mass is 280 g/mol. The number of hydrogen-bond donors (Lipinski definition) is 3. The Morgan fingerprint density at radius 1 is 1.05 bits per heavy atom. The van der Waals surface area contributed by atoms with E-state index in [1.54, 1.807) is 6.33 Å². The van der Waals surface area contributed by atoms with Crippen molar-refractivity contribution in [3.63, 3.8) is 0 Å². The van der Waals surface area contributed by atoms with Crippen molar-refractivity contribution >= 4 is 11.6 Å². The minimum absolute atomic E-state index is 0.323. The standard InChI is InChI=1S/C15H28N4O/c1-4-7-12(20)10-17-15-13(8-5-2)14(16-9-6-3)18-11-19-15/h11-12,20H,4-10H2,1-3H3,(H2,16,17,18,19). The maximum absolute atomic E-state index is 9.82. The Morgan fingerprint density at radius 2 is 1.75 bits per heavy atom. The number of aliphatic hydroxyl groups excluding tert-OH is 1. The van der Waals surface area contributed by atoms with Crippen LogP contribution in [0.4, 0.5) is 11.6 Å². The molecule has 0 aliphatic rings. The molecule has 0 aliphatic carbocycles. The van der Waals surface area contributed by atoms with Crippen molar-refractivity contribution in [1.29, 1.82) is 0 Å². The molecule has 0 bridgehead atoms. The third kappa shape index (κ3) is 5.33. The molecule has 1 unspecified atom stereocenters. The Bertz CT molecular complexity index is 384. The lowest BCUT2D eigenvalue weighted by atomic mass is 10.1. The zero-order valence-corrected chi connectivity index (χ0v) is 12.9. The lowest BCUT2D eigenvalue weighted by Crippen LogP contribution is -2.21. The van der Waals surface area contributed by atoms with E-state index in [4.69, 9.17) is 0 Å². The van der Waals surface area contributed by atoms with Gasteiger partial charge in [-0.3, -0.25) is 0 Å². The van der Waals surface area contributed by atoms with E-state index in [1.165, 1.54) is 0 Å². The quantitative estimate of drug-likeness (QED) is 0.615. The van der Waals surface area contributed by atoms with Crippen LogP contribution in [0.2, 0.25) is 0 Å². The number of nitrogens with one attached hydrogen (secondary N) is 2. The summed E-state index contributed by atoms with van der Waals surface area (Å²) in [5, 5.41) is 16.4. The summed E-state index contributed by atoms with van der Waals surface area (Å²) in [6.45, 7) is 7.80. The van der Waals surface area contributed by atoms with Gasteiger partial charge in [0.2, 0.25) is 0 Å². The number of rotatable bonds is 10. The molecule has 0 radical (unpaired) electrons. The fourth-order valence-corrected chi connectivity index (χ4v) is 2.10. The molecule has 0 saturated heterocycles.